The molecular formula is C16H27IN4O. The van der Waals surface area contributed by atoms with Gasteiger partial charge in [-0.25, -0.2) is 4.98 Å². The first kappa shape index (κ1) is 17.6. The summed E-state index contributed by atoms with van der Waals surface area (Å²) < 4.78 is 5.62. The van der Waals surface area contributed by atoms with Crippen LogP contribution in [0.5, 0.6) is 0 Å². The lowest BCUT2D eigenvalue weighted by Crippen LogP contribution is -2.40. The molecule has 124 valence electrons. The van der Waals surface area contributed by atoms with E-state index in [4.69, 9.17) is 4.42 Å². The van der Waals surface area contributed by atoms with E-state index in [0.29, 0.717) is 12.0 Å². The van der Waals surface area contributed by atoms with Gasteiger partial charge < -0.3 is 14.6 Å². The molecule has 1 aliphatic heterocycles. The minimum atomic E-state index is 0. The number of aliphatic imine (C=N–C) groups is 1. The highest BCUT2D eigenvalue weighted by Crippen LogP contribution is 2.45. The zero-order valence-electron chi connectivity index (χ0n) is 13.8. The third-order valence-electron chi connectivity index (χ3n) is 5.08. The lowest BCUT2D eigenvalue weighted by molar-refractivity contribution is 0.309. The standard InChI is InChI=1S/C16H26N4O.HI/c1-12-13(2)21-14(19-12)10-18-15(17-3)20-9-8-16(11-20)6-4-5-7-16;/h4-11H2,1-3H3,(H,17,18);1H. The number of guanidine groups is 1. The minimum Gasteiger partial charge on any atom is -0.444 e. The van der Waals surface area contributed by atoms with Gasteiger partial charge in [-0.1, -0.05) is 12.8 Å². The number of oxazole rings is 1. The van der Waals surface area contributed by atoms with Crippen LogP contribution in [0.4, 0.5) is 0 Å². The van der Waals surface area contributed by atoms with E-state index in [1.54, 1.807) is 0 Å². The normalized spacial score (nSPS) is 20.5. The maximum atomic E-state index is 5.62. The molecule has 2 heterocycles. The van der Waals surface area contributed by atoms with Gasteiger partial charge in [-0.3, -0.25) is 4.99 Å². The van der Waals surface area contributed by atoms with Crippen molar-refractivity contribution in [2.24, 2.45) is 10.4 Å². The first-order chi connectivity index (χ1) is 10.1. The molecule has 22 heavy (non-hydrogen) atoms. The summed E-state index contributed by atoms with van der Waals surface area (Å²) in [6.07, 6.45) is 6.88. The monoisotopic (exact) mass is 418 g/mol. The molecule has 1 spiro atoms. The molecule has 3 rings (SSSR count). The summed E-state index contributed by atoms with van der Waals surface area (Å²) >= 11 is 0. The number of aromatic nitrogens is 1. The Bertz CT molecular complexity index is 515. The summed E-state index contributed by atoms with van der Waals surface area (Å²) in [4.78, 5) is 11.2. The number of halogens is 1. The molecule has 0 aromatic carbocycles. The molecule has 0 unspecified atom stereocenters. The van der Waals surface area contributed by atoms with Gasteiger partial charge in [0.05, 0.1) is 12.2 Å². The van der Waals surface area contributed by atoms with E-state index in [1.165, 1.54) is 32.1 Å². The number of hydrogen-bond donors (Lipinski definition) is 1. The second-order valence-corrected chi connectivity index (χ2v) is 6.53. The van der Waals surface area contributed by atoms with E-state index in [-0.39, 0.29) is 24.0 Å². The lowest BCUT2D eigenvalue weighted by Gasteiger charge is -2.25. The minimum absolute atomic E-state index is 0. The summed E-state index contributed by atoms with van der Waals surface area (Å²) in [7, 11) is 1.86. The molecular weight excluding hydrogens is 391 g/mol. The van der Waals surface area contributed by atoms with E-state index < -0.39 is 0 Å². The molecule has 0 atom stereocenters. The summed E-state index contributed by atoms with van der Waals surface area (Å²) in [5.74, 6) is 2.61. The van der Waals surface area contributed by atoms with Crippen LogP contribution in [0.3, 0.4) is 0 Å². The fourth-order valence-electron chi connectivity index (χ4n) is 3.75. The van der Waals surface area contributed by atoms with Crippen molar-refractivity contribution in [3.05, 3.63) is 17.3 Å². The third-order valence-corrected chi connectivity index (χ3v) is 5.08. The summed E-state index contributed by atoms with van der Waals surface area (Å²) in [6.45, 7) is 6.79. The van der Waals surface area contributed by atoms with Crippen molar-refractivity contribution in [3.8, 4) is 0 Å². The predicted molar refractivity (Wildman–Crippen MR) is 98.7 cm³/mol. The van der Waals surface area contributed by atoms with Crippen molar-refractivity contribution >= 4 is 29.9 Å². The SMILES string of the molecule is CN=C(NCc1nc(C)c(C)o1)N1CCC2(CCCC2)C1.I. The smallest absolute Gasteiger partial charge is 0.214 e. The van der Waals surface area contributed by atoms with Crippen LogP contribution in [0.1, 0.15) is 49.4 Å². The Morgan fingerprint density at radius 3 is 2.64 bits per heavy atom. The molecule has 1 aromatic heterocycles. The van der Waals surface area contributed by atoms with Crippen LogP contribution in [0, 0.1) is 19.3 Å². The average molecular weight is 418 g/mol. The van der Waals surface area contributed by atoms with Crippen LogP contribution in [-0.2, 0) is 6.54 Å². The van der Waals surface area contributed by atoms with Crippen LogP contribution in [0.2, 0.25) is 0 Å². The van der Waals surface area contributed by atoms with Crippen LogP contribution in [0.25, 0.3) is 0 Å². The molecule has 1 aliphatic carbocycles. The molecule has 6 heteroatoms. The fraction of sp³-hybridized carbons (Fsp3) is 0.750. The summed E-state index contributed by atoms with van der Waals surface area (Å²) in [6, 6.07) is 0. The van der Waals surface area contributed by atoms with Gasteiger partial charge in [0, 0.05) is 20.1 Å². The van der Waals surface area contributed by atoms with Crippen molar-refractivity contribution < 1.29 is 4.42 Å². The van der Waals surface area contributed by atoms with E-state index >= 15 is 0 Å². The molecule has 0 radical (unpaired) electrons. The Balaban J connectivity index is 0.00000176. The van der Waals surface area contributed by atoms with Gasteiger partial charge in [-0.2, -0.15) is 0 Å². The summed E-state index contributed by atoms with van der Waals surface area (Å²) in [5.41, 5.74) is 1.53. The van der Waals surface area contributed by atoms with E-state index in [9.17, 15) is 0 Å². The average Bonchev–Trinajstić information content (AvgIpc) is 3.16. The van der Waals surface area contributed by atoms with E-state index in [0.717, 1.165) is 36.4 Å². The quantitative estimate of drug-likeness (QED) is 0.455. The Labute approximate surface area is 150 Å². The van der Waals surface area contributed by atoms with Crippen molar-refractivity contribution in [1.82, 2.24) is 15.2 Å². The van der Waals surface area contributed by atoms with Gasteiger partial charge in [0.1, 0.15) is 5.76 Å². The first-order valence-electron chi connectivity index (χ1n) is 8.00. The zero-order valence-corrected chi connectivity index (χ0v) is 16.1. The number of aryl methyl sites for hydroxylation is 2. The summed E-state index contributed by atoms with van der Waals surface area (Å²) in [5, 5.41) is 3.39. The first-order valence-corrected chi connectivity index (χ1v) is 8.00. The molecule has 0 bridgehead atoms. The van der Waals surface area contributed by atoms with Crippen LogP contribution in [-0.4, -0.2) is 36.0 Å². The third kappa shape index (κ3) is 3.58. The molecule has 0 amide bonds. The highest BCUT2D eigenvalue weighted by atomic mass is 127. The second-order valence-electron chi connectivity index (χ2n) is 6.53. The lowest BCUT2D eigenvalue weighted by atomic mass is 9.86. The van der Waals surface area contributed by atoms with Gasteiger partial charge in [-0.15, -0.1) is 24.0 Å². The molecule has 1 saturated heterocycles. The number of rotatable bonds is 2. The fourth-order valence-corrected chi connectivity index (χ4v) is 3.75. The van der Waals surface area contributed by atoms with Crippen molar-refractivity contribution in [1.29, 1.82) is 0 Å². The van der Waals surface area contributed by atoms with Crippen LogP contribution >= 0.6 is 24.0 Å². The predicted octanol–water partition coefficient (Wildman–Crippen LogP) is 3.25. The Morgan fingerprint density at radius 1 is 1.32 bits per heavy atom. The van der Waals surface area contributed by atoms with E-state index in [2.05, 4.69) is 20.2 Å². The highest BCUT2D eigenvalue weighted by Gasteiger charge is 2.41. The molecule has 2 aliphatic rings. The van der Waals surface area contributed by atoms with Crippen LogP contribution < -0.4 is 5.32 Å². The number of likely N-dealkylation sites (tertiary alicyclic amines) is 1. The van der Waals surface area contributed by atoms with Gasteiger partial charge in [0.25, 0.3) is 0 Å². The number of hydrogen-bond acceptors (Lipinski definition) is 3. The maximum absolute atomic E-state index is 5.62. The largest absolute Gasteiger partial charge is 0.444 e. The van der Waals surface area contributed by atoms with Crippen molar-refractivity contribution in [2.45, 2.75) is 52.5 Å². The number of nitrogens with zero attached hydrogens (tertiary/aromatic N) is 3. The van der Waals surface area contributed by atoms with Gasteiger partial charge in [-0.05, 0) is 38.5 Å². The highest BCUT2D eigenvalue weighted by molar-refractivity contribution is 14.0. The van der Waals surface area contributed by atoms with Crippen molar-refractivity contribution in [2.75, 3.05) is 20.1 Å². The Hall–Kier alpha value is -0.790. The molecule has 1 N–H and O–H groups in total. The topological polar surface area (TPSA) is 53.7 Å². The zero-order chi connectivity index (χ0) is 14.9. The Morgan fingerprint density at radius 2 is 2.05 bits per heavy atom. The van der Waals surface area contributed by atoms with Gasteiger partial charge in [0.15, 0.2) is 5.96 Å². The number of nitrogens with one attached hydrogen (secondary N) is 1. The molecule has 1 saturated carbocycles. The van der Waals surface area contributed by atoms with Gasteiger partial charge >= 0.3 is 0 Å². The molecule has 1 aromatic rings. The van der Waals surface area contributed by atoms with Gasteiger partial charge in [0.2, 0.25) is 5.89 Å². The molecule has 2 fully saturated rings. The molecule has 5 nitrogen and oxygen atoms in total. The Kier molecular flexibility index (Phi) is 5.74. The maximum Gasteiger partial charge on any atom is 0.214 e. The van der Waals surface area contributed by atoms with E-state index in [1.807, 2.05) is 20.9 Å². The second kappa shape index (κ2) is 7.19. The van der Waals surface area contributed by atoms with Crippen LogP contribution in [0.15, 0.2) is 9.41 Å². The van der Waals surface area contributed by atoms with Crippen molar-refractivity contribution in [3.63, 3.8) is 0 Å².